The topological polar surface area (TPSA) is 91.8 Å². The molecule has 0 bridgehead atoms. The molecule has 13 heteroatoms. The molecule has 0 spiro atoms. The van der Waals surface area contributed by atoms with Crippen molar-refractivity contribution in [3.63, 3.8) is 0 Å². The molecule has 4 rings (SSSR count). The molecular weight excluding hydrogens is 501 g/mol. The number of hydrogen-bond acceptors (Lipinski definition) is 5. The van der Waals surface area contributed by atoms with E-state index < -0.39 is 64.4 Å². The number of aromatic nitrogens is 1. The minimum absolute atomic E-state index is 0.155. The van der Waals surface area contributed by atoms with Gasteiger partial charge in [0, 0.05) is 36.2 Å². The fourth-order valence-electron chi connectivity index (χ4n) is 4.09. The van der Waals surface area contributed by atoms with Crippen LogP contribution in [0, 0.1) is 17.6 Å². The van der Waals surface area contributed by atoms with Crippen LogP contribution in [0.25, 0.3) is 0 Å². The molecule has 1 aromatic heterocycles. The molecule has 1 unspecified atom stereocenters. The summed E-state index contributed by atoms with van der Waals surface area (Å²) in [6.45, 7) is 0.00530. The van der Waals surface area contributed by atoms with E-state index in [1.807, 2.05) is 0 Å². The maximum absolute atomic E-state index is 14.6. The molecule has 3 atom stereocenters. The van der Waals surface area contributed by atoms with E-state index in [1.165, 1.54) is 0 Å². The van der Waals surface area contributed by atoms with Gasteiger partial charge in [0.25, 0.3) is 5.91 Å². The molecule has 188 valence electrons. The van der Waals surface area contributed by atoms with Gasteiger partial charge in [0.15, 0.2) is 0 Å². The molecule has 3 heterocycles. The number of β-amino-alcohol motifs (C(OH)–C–C–N with tert-alkyl or cyclic N) is 1. The van der Waals surface area contributed by atoms with E-state index in [9.17, 15) is 36.6 Å². The normalized spacial score (nSPS) is 21.5. The molecule has 0 saturated carbocycles. The third-order valence-corrected chi connectivity index (χ3v) is 6.24. The number of likely N-dealkylation sites (tertiary alicyclic amines) is 1. The number of benzene rings is 1. The lowest BCUT2D eigenvalue weighted by Gasteiger charge is -2.36. The molecule has 0 aliphatic carbocycles. The van der Waals surface area contributed by atoms with Crippen molar-refractivity contribution < 1.29 is 41.4 Å². The third-order valence-electron chi connectivity index (χ3n) is 5.95. The standard InChI is InChI=1S/C22H19ClF5N3O4/c23-14-6-15(24)13(5-16(14)25)19(11-8-35-9-11)30-20(33)17-4-12(32)7-31(17)21(34)10-1-2-29-18(3-10)22(26,27)28/h1-3,5-6,11-12,17,19,32H,4,7-9H2,(H,30,33)/t12-,17+,19?/m0/s1. The molecule has 1 aromatic carbocycles. The van der Waals surface area contributed by atoms with Gasteiger partial charge in [0.2, 0.25) is 5.91 Å². The highest BCUT2D eigenvalue weighted by atomic mass is 35.5. The molecule has 2 saturated heterocycles. The van der Waals surface area contributed by atoms with Crippen LogP contribution in [0.1, 0.15) is 34.1 Å². The summed E-state index contributed by atoms with van der Waals surface area (Å²) in [5.41, 5.74) is -1.82. The highest BCUT2D eigenvalue weighted by Crippen LogP contribution is 2.33. The van der Waals surface area contributed by atoms with Crippen molar-refractivity contribution in [1.82, 2.24) is 15.2 Å². The van der Waals surface area contributed by atoms with E-state index in [0.717, 1.165) is 29.3 Å². The summed E-state index contributed by atoms with van der Waals surface area (Å²) in [5.74, 6) is -3.86. The first-order valence-corrected chi connectivity index (χ1v) is 10.9. The number of halogens is 6. The quantitative estimate of drug-likeness (QED) is 0.468. The van der Waals surface area contributed by atoms with Gasteiger partial charge in [-0.2, -0.15) is 13.2 Å². The maximum atomic E-state index is 14.6. The largest absolute Gasteiger partial charge is 0.433 e. The number of carbonyl (C=O) groups excluding carboxylic acids is 2. The average Bonchev–Trinajstić information content (AvgIpc) is 3.15. The summed E-state index contributed by atoms with van der Waals surface area (Å²) < 4.78 is 72.8. The fourth-order valence-corrected chi connectivity index (χ4v) is 4.24. The van der Waals surface area contributed by atoms with Gasteiger partial charge in [0.1, 0.15) is 23.4 Å². The number of nitrogens with one attached hydrogen (secondary N) is 1. The number of aliphatic hydroxyl groups excluding tert-OH is 1. The maximum Gasteiger partial charge on any atom is 0.433 e. The van der Waals surface area contributed by atoms with Gasteiger partial charge in [-0.15, -0.1) is 0 Å². The predicted molar refractivity (Wildman–Crippen MR) is 111 cm³/mol. The van der Waals surface area contributed by atoms with Gasteiger partial charge in [0.05, 0.1) is 30.4 Å². The van der Waals surface area contributed by atoms with E-state index in [2.05, 4.69) is 10.3 Å². The Bertz CT molecular complexity index is 1140. The van der Waals surface area contributed by atoms with Gasteiger partial charge in [-0.3, -0.25) is 14.6 Å². The van der Waals surface area contributed by atoms with E-state index in [-0.39, 0.29) is 37.3 Å². The summed E-state index contributed by atoms with van der Waals surface area (Å²) >= 11 is 5.62. The zero-order valence-corrected chi connectivity index (χ0v) is 18.6. The number of carbonyl (C=O) groups is 2. The van der Waals surface area contributed by atoms with E-state index >= 15 is 0 Å². The molecule has 7 nitrogen and oxygen atoms in total. The Morgan fingerprint density at radius 2 is 1.91 bits per heavy atom. The third kappa shape index (κ3) is 5.24. The van der Waals surface area contributed by atoms with Crippen LogP contribution in [0.4, 0.5) is 22.0 Å². The van der Waals surface area contributed by atoms with Crippen molar-refractivity contribution in [2.45, 2.75) is 30.8 Å². The van der Waals surface area contributed by atoms with Gasteiger partial charge in [-0.1, -0.05) is 11.6 Å². The van der Waals surface area contributed by atoms with Gasteiger partial charge < -0.3 is 20.1 Å². The van der Waals surface area contributed by atoms with Gasteiger partial charge >= 0.3 is 6.18 Å². The average molecular weight is 520 g/mol. The Kier molecular flexibility index (Phi) is 6.98. The molecule has 0 radical (unpaired) electrons. The smallest absolute Gasteiger partial charge is 0.391 e. The van der Waals surface area contributed by atoms with Gasteiger partial charge in [-0.05, 0) is 24.3 Å². The first-order valence-electron chi connectivity index (χ1n) is 10.5. The number of pyridine rings is 1. The van der Waals surface area contributed by atoms with Crippen LogP contribution in [0.15, 0.2) is 30.5 Å². The zero-order chi connectivity index (χ0) is 25.5. The van der Waals surface area contributed by atoms with Crippen LogP contribution < -0.4 is 5.32 Å². The molecule has 2 N–H and O–H groups in total. The molecule has 2 aliphatic heterocycles. The highest BCUT2D eigenvalue weighted by Gasteiger charge is 2.42. The number of alkyl halides is 3. The number of nitrogens with zero attached hydrogens (tertiary/aromatic N) is 2. The first-order chi connectivity index (χ1) is 16.5. The minimum Gasteiger partial charge on any atom is -0.391 e. The first kappa shape index (κ1) is 25.3. The number of rotatable bonds is 5. The monoisotopic (exact) mass is 519 g/mol. The van der Waals surface area contributed by atoms with Crippen molar-refractivity contribution in [1.29, 1.82) is 0 Å². The lowest BCUT2D eigenvalue weighted by Crippen LogP contribution is -2.50. The number of hydrogen-bond donors (Lipinski definition) is 2. The van der Waals surface area contributed by atoms with Crippen molar-refractivity contribution in [3.05, 3.63) is 63.9 Å². The summed E-state index contributed by atoms with van der Waals surface area (Å²) in [7, 11) is 0. The summed E-state index contributed by atoms with van der Waals surface area (Å²) in [4.78, 5) is 30.3. The minimum atomic E-state index is -4.78. The Labute approximate surface area is 200 Å². The number of amides is 2. The summed E-state index contributed by atoms with van der Waals surface area (Å²) in [5, 5.41) is 12.3. The second-order valence-electron chi connectivity index (χ2n) is 8.36. The molecule has 2 aromatic rings. The molecule has 2 amide bonds. The lowest BCUT2D eigenvalue weighted by atomic mass is 9.90. The van der Waals surface area contributed by atoms with Crippen molar-refractivity contribution in [3.8, 4) is 0 Å². The summed E-state index contributed by atoms with van der Waals surface area (Å²) in [6, 6.07) is 0.976. The molecule has 2 fully saturated rings. The van der Waals surface area contributed by atoms with Gasteiger partial charge in [-0.25, -0.2) is 8.78 Å². The fraction of sp³-hybridized carbons (Fsp3) is 0.409. The second-order valence-corrected chi connectivity index (χ2v) is 8.77. The van der Waals surface area contributed by atoms with Crippen molar-refractivity contribution in [2.75, 3.05) is 19.8 Å². The van der Waals surface area contributed by atoms with Crippen LogP contribution in [-0.4, -0.2) is 58.7 Å². The Morgan fingerprint density at radius 3 is 2.54 bits per heavy atom. The second kappa shape index (κ2) is 9.67. The Morgan fingerprint density at radius 1 is 1.20 bits per heavy atom. The van der Waals surface area contributed by atoms with Crippen LogP contribution in [0.5, 0.6) is 0 Å². The number of aliphatic hydroxyl groups is 1. The molecular formula is C22H19ClF5N3O4. The van der Waals surface area contributed by atoms with E-state index in [1.54, 1.807) is 0 Å². The zero-order valence-electron chi connectivity index (χ0n) is 17.9. The lowest BCUT2D eigenvalue weighted by molar-refractivity contribution is -0.141. The number of ether oxygens (including phenoxy) is 1. The Balaban J connectivity index is 1.59. The van der Waals surface area contributed by atoms with Crippen LogP contribution in [-0.2, 0) is 15.7 Å². The van der Waals surface area contributed by atoms with E-state index in [0.29, 0.717) is 6.07 Å². The Hall–Kier alpha value is -2.83. The molecule has 35 heavy (non-hydrogen) atoms. The SMILES string of the molecule is O=C(NC(c1cc(F)c(Cl)cc1F)C1COC1)[C@H]1C[C@H](O)CN1C(=O)c1ccnc(C(F)(F)F)c1. The van der Waals surface area contributed by atoms with Crippen molar-refractivity contribution >= 4 is 23.4 Å². The van der Waals surface area contributed by atoms with Crippen LogP contribution >= 0.6 is 11.6 Å². The van der Waals surface area contributed by atoms with Crippen molar-refractivity contribution in [2.24, 2.45) is 5.92 Å². The molecule has 2 aliphatic rings. The van der Waals surface area contributed by atoms with Crippen LogP contribution in [0.2, 0.25) is 5.02 Å². The van der Waals surface area contributed by atoms with E-state index in [4.69, 9.17) is 16.3 Å². The summed E-state index contributed by atoms with van der Waals surface area (Å²) in [6.07, 6.45) is -5.27. The van der Waals surface area contributed by atoms with Crippen LogP contribution in [0.3, 0.4) is 0 Å². The predicted octanol–water partition coefficient (Wildman–Crippen LogP) is 3.11. The highest BCUT2D eigenvalue weighted by molar-refractivity contribution is 6.30.